The molecule has 1 aliphatic carbocycles. The SMILES string of the molecule is Cn1c(=O)n(-c2cccc(C3c4c([nH]c5cc(C(C)(C)O)ccc45)C(C(N)=O)CC3F)c2Cl)c(=O)c2cccc(F)c21. The van der Waals surface area contributed by atoms with Gasteiger partial charge in [-0.1, -0.05) is 41.9 Å². The fraction of sp³-hybridized carbons (Fsp3) is 0.258. The van der Waals surface area contributed by atoms with Gasteiger partial charge in [0.25, 0.3) is 5.56 Å². The Labute approximate surface area is 243 Å². The van der Waals surface area contributed by atoms with Crippen LogP contribution in [0.2, 0.25) is 5.02 Å². The normalized spacial score (nSPS) is 18.9. The molecule has 0 fully saturated rings. The van der Waals surface area contributed by atoms with Gasteiger partial charge in [-0.3, -0.25) is 14.2 Å². The van der Waals surface area contributed by atoms with Gasteiger partial charge in [-0.25, -0.2) is 18.1 Å². The number of aliphatic hydroxyl groups is 1. The zero-order valence-electron chi connectivity index (χ0n) is 22.9. The van der Waals surface area contributed by atoms with E-state index in [1.54, 1.807) is 44.2 Å². The molecule has 216 valence electrons. The Hall–Kier alpha value is -4.28. The number of aryl methyl sites for hydroxylation is 1. The number of fused-ring (bicyclic) bond motifs is 4. The zero-order chi connectivity index (χ0) is 30.2. The summed E-state index contributed by atoms with van der Waals surface area (Å²) in [6.07, 6.45) is -1.81. The van der Waals surface area contributed by atoms with E-state index in [2.05, 4.69) is 4.98 Å². The van der Waals surface area contributed by atoms with Crippen molar-refractivity contribution in [3.63, 3.8) is 0 Å². The molecule has 6 rings (SSSR count). The molecule has 1 amide bonds. The number of rotatable bonds is 4. The molecule has 2 heterocycles. The van der Waals surface area contributed by atoms with Crippen LogP contribution in [0.15, 0.2) is 64.2 Å². The number of nitrogens with one attached hydrogen (secondary N) is 1. The van der Waals surface area contributed by atoms with Crippen LogP contribution in [0.5, 0.6) is 0 Å². The van der Waals surface area contributed by atoms with Gasteiger partial charge in [0, 0.05) is 29.6 Å². The molecular weight excluding hydrogens is 566 g/mol. The van der Waals surface area contributed by atoms with Crippen LogP contribution in [0.1, 0.15) is 54.5 Å². The first-order valence-electron chi connectivity index (χ1n) is 13.3. The van der Waals surface area contributed by atoms with Gasteiger partial charge in [-0.15, -0.1) is 0 Å². The highest BCUT2D eigenvalue weighted by Crippen LogP contribution is 2.49. The number of primary amides is 1. The average molecular weight is 593 g/mol. The number of alkyl halides is 1. The fourth-order valence-corrected chi connectivity index (χ4v) is 6.47. The first-order valence-corrected chi connectivity index (χ1v) is 13.7. The van der Waals surface area contributed by atoms with E-state index >= 15 is 4.39 Å². The number of aromatic nitrogens is 3. The minimum atomic E-state index is -1.60. The Morgan fingerprint density at radius 1 is 1.12 bits per heavy atom. The van der Waals surface area contributed by atoms with Crippen molar-refractivity contribution in [1.82, 2.24) is 14.1 Å². The van der Waals surface area contributed by atoms with Crippen LogP contribution >= 0.6 is 11.6 Å². The quantitative estimate of drug-likeness (QED) is 0.281. The summed E-state index contributed by atoms with van der Waals surface area (Å²) in [4.78, 5) is 42.5. The van der Waals surface area contributed by atoms with Gasteiger partial charge in [-0.2, -0.15) is 0 Å². The number of aromatic amines is 1. The summed E-state index contributed by atoms with van der Waals surface area (Å²) in [5.74, 6) is -3.33. The molecule has 0 saturated heterocycles. The van der Waals surface area contributed by atoms with E-state index in [1.165, 1.54) is 25.2 Å². The summed E-state index contributed by atoms with van der Waals surface area (Å²) >= 11 is 6.91. The van der Waals surface area contributed by atoms with Crippen LogP contribution < -0.4 is 17.0 Å². The van der Waals surface area contributed by atoms with E-state index in [9.17, 15) is 23.9 Å². The number of nitrogens with zero attached hydrogens (tertiary/aromatic N) is 2. The number of amides is 1. The third-order valence-electron chi connectivity index (χ3n) is 8.22. The second-order valence-corrected chi connectivity index (χ2v) is 11.6. The van der Waals surface area contributed by atoms with Crippen LogP contribution in [0, 0.1) is 5.82 Å². The summed E-state index contributed by atoms with van der Waals surface area (Å²) in [7, 11) is 1.35. The van der Waals surface area contributed by atoms with Crippen LogP contribution in [0.4, 0.5) is 8.78 Å². The Kier molecular flexibility index (Phi) is 6.40. The second-order valence-electron chi connectivity index (χ2n) is 11.3. The summed E-state index contributed by atoms with van der Waals surface area (Å²) in [5, 5.41) is 11.1. The Bertz CT molecular complexity index is 2060. The number of H-pyrrole nitrogens is 1. The number of hydrogen-bond acceptors (Lipinski definition) is 4. The van der Waals surface area contributed by atoms with Crippen molar-refractivity contribution in [3.05, 3.63) is 109 Å². The number of para-hydroxylation sites is 1. The molecule has 3 unspecified atom stereocenters. The van der Waals surface area contributed by atoms with E-state index in [4.69, 9.17) is 17.3 Å². The molecule has 3 atom stereocenters. The number of nitrogens with two attached hydrogens (primary N) is 1. The van der Waals surface area contributed by atoms with Crippen molar-refractivity contribution in [2.45, 2.75) is 43.9 Å². The summed E-state index contributed by atoms with van der Waals surface area (Å²) < 4.78 is 32.6. The topological polar surface area (TPSA) is 123 Å². The lowest BCUT2D eigenvalue weighted by Crippen LogP contribution is -2.38. The molecule has 0 spiro atoms. The molecule has 8 nitrogen and oxygen atoms in total. The lowest BCUT2D eigenvalue weighted by Gasteiger charge is -2.32. The predicted molar refractivity (Wildman–Crippen MR) is 157 cm³/mol. The van der Waals surface area contributed by atoms with Gasteiger partial charge < -0.3 is 15.8 Å². The van der Waals surface area contributed by atoms with Crippen molar-refractivity contribution in [1.29, 1.82) is 0 Å². The molecule has 2 aromatic heterocycles. The summed E-state index contributed by atoms with van der Waals surface area (Å²) in [6.45, 7) is 3.28. The molecule has 0 saturated carbocycles. The number of benzene rings is 3. The molecule has 11 heteroatoms. The van der Waals surface area contributed by atoms with E-state index in [0.717, 1.165) is 15.2 Å². The minimum Gasteiger partial charge on any atom is -0.386 e. The maximum atomic E-state index is 16.2. The third kappa shape index (κ3) is 4.08. The molecular formula is C31H27ClF2N4O4. The monoisotopic (exact) mass is 592 g/mol. The predicted octanol–water partition coefficient (Wildman–Crippen LogP) is 4.63. The summed E-state index contributed by atoms with van der Waals surface area (Å²) in [6, 6.07) is 13.8. The Morgan fingerprint density at radius 3 is 2.52 bits per heavy atom. The standard InChI is InChI=1S/C31H27ClF2N4O4/c1-31(2,42)14-10-11-15-21(12-14)36-26-18(28(35)39)13-20(34)23(24(15)26)16-6-5-9-22(25(16)32)38-29(40)17-7-4-8-19(33)27(17)37(3)30(38)41/h4-12,18,20,23,36,42H,13H2,1-3H3,(H2,35,39). The van der Waals surface area contributed by atoms with Gasteiger partial charge >= 0.3 is 5.69 Å². The highest BCUT2D eigenvalue weighted by molar-refractivity contribution is 6.33. The number of halogens is 3. The number of hydrogen-bond donors (Lipinski definition) is 3. The molecule has 42 heavy (non-hydrogen) atoms. The number of carbonyl (C=O) groups is 1. The maximum absolute atomic E-state index is 16.2. The smallest absolute Gasteiger partial charge is 0.336 e. The van der Waals surface area contributed by atoms with Gasteiger partial charge in [-0.05, 0) is 61.2 Å². The Balaban J connectivity index is 1.61. The second kappa shape index (κ2) is 9.64. The molecule has 3 aromatic carbocycles. The highest BCUT2D eigenvalue weighted by Gasteiger charge is 2.42. The molecule has 5 aromatic rings. The summed E-state index contributed by atoms with van der Waals surface area (Å²) in [5.41, 5.74) is 5.24. The molecule has 1 aliphatic rings. The minimum absolute atomic E-state index is 0.0147. The van der Waals surface area contributed by atoms with Gasteiger partial charge in [0.1, 0.15) is 12.0 Å². The Morgan fingerprint density at radius 2 is 1.83 bits per heavy atom. The van der Waals surface area contributed by atoms with Crippen molar-refractivity contribution in [2.75, 3.05) is 0 Å². The largest absolute Gasteiger partial charge is 0.386 e. The van der Waals surface area contributed by atoms with Gasteiger partial charge in [0.2, 0.25) is 5.91 Å². The lowest BCUT2D eigenvalue weighted by atomic mass is 9.74. The van der Waals surface area contributed by atoms with E-state index < -0.39 is 46.6 Å². The van der Waals surface area contributed by atoms with Crippen molar-refractivity contribution >= 4 is 39.3 Å². The average Bonchev–Trinajstić information content (AvgIpc) is 3.30. The fourth-order valence-electron chi connectivity index (χ4n) is 6.14. The van der Waals surface area contributed by atoms with Crippen LogP contribution in [-0.4, -0.2) is 31.3 Å². The van der Waals surface area contributed by atoms with Crippen molar-refractivity contribution < 1.29 is 18.7 Å². The van der Waals surface area contributed by atoms with Crippen LogP contribution in [0.25, 0.3) is 27.5 Å². The van der Waals surface area contributed by atoms with Crippen LogP contribution in [0.3, 0.4) is 0 Å². The molecule has 4 N–H and O–H groups in total. The maximum Gasteiger partial charge on any atom is 0.336 e. The van der Waals surface area contributed by atoms with Crippen molar-refractivity contribution in [3.8, 4) is 5.69 Å². The number of carbonyl (C=O) groups excluding carboxylic acids is 1. The zero-order valence-corrected chi connectivity index (χ0v) is 23.7. The first-order chi connectivity index (χ1) is 19.8. The van der Waals surface area contributed by atoms with Crippen LogP contribution in [-0.2, 0) is 17.4 Å². The van der Waals surface area contributed by atoms with E-state index in [-0.39, 0.29) is 28.0 Å². The molecule has 0 radical (unpaired) electrons. The third-order valence-corrected chi connectivity index (χ3v) is 8.63. The highest BCUT2D eigenvalue weighted by atomic mass is 35.5. The van der Waals surface area contributed by atoms with E-state index in [1.807, 2.05) is 0 Å². The van der Waals surface area contributed by atoms with Crippen molar-refractivity contribution in [2.24, 2.45) is 12.8 Å². The molecule has 0 aliphatic heterocycles. The first kappa shape index (κ1) is 27.9. The van der Waals surface area contributed by atoms with E-state index in [0.29, 0.717) is 33.3 Å². The van der Waals surface area contributed by atoms with Gasteiger partial charge in [0.15, 0.2) is 0 Å². The van der Waals surface area contributed by atoms with Gasteiger partial charge in [0.05, 0.1) is 33.1 Å². The lowest BCUT2D eigenvalue weighted by molar-refractivity contribution is -0.120. The molecule has 0 bridgehead atoms.